The monoisotopic (exact) mass is 260 g/mol. The van der Waals surface area contributed by atoms with Gasteiger partial charge in [0, 0.05) is 0 Å². The second kappa shape index (κ2) is 9.88. The van der Waals surface area contributed by atoms with Gasteiger partial charge in [0.25, 0.3) is 0 Å². The van der Waals surface area contributed by atoms with Gasteiger partial charge in [-0.2, -0.15) is 0 Å². The molecule has 0 heterocycles. The van der Waals surface area contributed by atoms with Crippen LogP contribution in [0.2, 0.25) is 0 Å². The molecule has 0 N–H and O–H groups in total. The quantitative estimate of drug-likeness (QED) is 0.594. The highest BCUT2D eigenvalue weighted by Gasteiger charge is 2.25. The maximum atomic E-state index is 11.7. The van der Waals surface area contributed by atoms with Gasteiger partial charge in [0.1, 0.15) is 0 Å². The van der Waals surface area contributed by atoms with Crippen molar-refractivity contribution in [3.8, 4) is 0 Å². The predicted molar refractivity (Wildman–Crippen MR) is 67.1 cm³/mol. The van der Waals surface area contributed by atoms with Crippen LogP contribution in [0.1, 0.15) is 47.0 Å². The smallest absolute Gasteiger partial charge is 0.335 e. The minimum Gasteiger partial charge on any atom is -0.466 e. The van der Waals surface area contributed by atoms with E-state index in [4.69, 9.17) is 14.2 Å². The molecular weight excluding hydrogens is 236 g/mol. The Morgan fingerprint density at radius 3 is 2.06 bits per heavy atom. The standard InChI is InChI=1S/C13H24O5/c1-5-7-16-12(14)9-11(18-10(3)4)13(15)17-8-6-2/h10-11H,5-9H2,1-4H3. The van der Waals surface area contributed by atoms with Gasteiger partial charge in [-0.1, -0.05) is 13.8 Å². The molecule has 5 nitrogen and oxygen atoms in total. The summed E-state index contributed by atoms with van der Waals surface area (Å²) >= 11 is 0. The lowest BCUT2D eigenvalue weighted by molar-refractivity contribution is -0.166. The Kier molecular flexibility index (Phi) is 9.28. The summed E-state index contributed by atoms with van der Waals surface area (Å²) in [5.74, 6) is -0.935. The van der Waals surface area contributed by atoms with E-state index < -0.39 is 18.0 Å². The number of rotatable bonds is 9. The molecule has 5 heteroatoms. The van der Waals surface area contributed by atoms with Gasteiger partial charge in [-0.25, -0.2) is 4.79 Å². The van der Waals surface area contributed by atoms with E-state index in [1.54, 1.807) is 13.8 Å². The largest absolute Gasteiger partial charge is 0.466 e. The van der Waals surface area contributed by atoms with Crippen LogP contribution in [0.25, 0.3) is 0 Å². The number of carbonyl (C=O) groups excluding carboxylic acids is 2. The number of ether oxygens (including phenoxy) is 3. The molecule has 0 amide bonds. The summed E-state index contributed by atoms with van der Waals surface area (Å²) in [5.41, 5.74) is 0. The van der Waals surface area contributed by atoms with E-state index in [1.165, 1.54) is 0 Å². The molecule has 106 valence electrons. The number of carbonyl (C=O) groups is 2. The Morgan fingerprint density at radius 1 is 1.00 bits per heavy atom. The van der Waals surface area contributed by atoms with Crippen molar-refractivity contribution in [2.45, 2.75) is 59.2 Å². The summed E-state index contributed by atoms with van der Waals surface area (Å²) < 4.78 is 15.3. The van der Waals surface area contributed by atoms with Crippen LogP contribution in [-0.4, -0.2) is 37.4 Å². The van der Waals surface area contributed by atoms with E-state index in [9.17, 15) is 9.59 Å². The van der Waals surface area contributed by atoms with Gasteiger partial charge in [0.15, 0.2) is 6.10 Å². The fourth-order valence-electron chi connectivity index (χ4n) is 1.24. The minimum atomic E-state index is -0.874. The normalized spacial score (nSPS) is 12.3. The Labute approximate surface area is 109 Å². The van der Waals surface area contributed by atoms with E-state index in [2.05, 4.69) is 0 Å². The first-order valence-electron chi connectivity index (χ1n) is 6.48. The van der Waals surface area contributed by atoms with Gasteiger partial charge in [0.2, 0.25) is 0 Å². The number of esters is 2. The van der Waals surface area contributed by atoms with Gasteiger partial charge >= 0.3 is 11.9 Å². The van der Waals surface area contributed by atoms with E-state index in [0.29, 0.717) is 13.2 Å². The van der Waals surface area contributed by atoms with Crippen LogP contribution in [0.15, 0.2) is 0 Å². The van der Waals surface area contributed by atoms with Gasteiger partial charge in [0.05, 0.1) is 25.7 Å². The maximum Gasteiger partial charge on any atom is 0.335 e. The van der Waals surface area contributed by atoms with Crippen molar-refractivity contribution in [3.05, 3.63) is 0 Å². The fourth-order valence-corrected chi connectivity index (χ4v) is 1.24. The van der Waals surface area contributed by atoms with Crippen molar-refractivity contribution in [1.82, 2.24) is 0 Å². The van der Waals surface area contributed by atoms with Gasteiger partial charge < -0.3 is 14.2 Å². The van der Waals surface area contributed by atoms with Crippen molar-refractivity contribution in [2.75, 3.05) is 13.2 Å². The highest BCUT2D eigenvalue weighted by Crippen LogP contribution is 2.07. The lowest BCUT2D eigenvalue weighted by Gasteiger charge is -2.18. The van der Waals surface area contributed by atoms with E-state index in [0.717, 1.165) is 12.8 Å². The zero-order valence-electron chi connectivity index (χ0n) is 11.7. The van der Waals surface area contributed by atoms with Gasteiger partial charge in [-0.15, -0.1) is 0 Å². The number of hydrogen-bond donors (Lipinski definition) is 0. The highest BCUT2D eigenvalue weighted by atomic mass is 16.6. The topological polar surface area (TPSA) is 61.8 Å². The molecule has 0 aromatic rings. The van der Waals surface area contributed by atoms with Crippen LogP contribution in [0, 0.1) is 0 Å². The highest BCUT2D eigenvalue weighted by molar-refractivity contribution is 5.81. The second-order valence-corrected chi connectivity index (χ2v) is 4.27. The zero-order chi connectivity index (χ0) is 14.0. The molecule has 0 aromatic carbocycles. The number of hydrogen-bond acceptors (Lipinski definition) is 5. The van der Waals surface area contributed by atoms with Gasteiger partial charge in [-0.3, -0.25) is 4.79 Å². The molecule has 0 aliphatic heterocycles. The van der Waals surface area contributed by atoms with Crippen molar-refractivity contribution >= 4 is 11.9 Å². The Hall–Kier alpha value is -1.10. The molecule has 0 spiro atoms. The third kappa shape index (κ3) is 8.06. The van der Waals surface area contributed by atoms with Crippen LogP contribution in [0.5, 0.6) is 0 Å². The molecule has 0 aromatic heterocycles. The molecule has 0 rings (SSSR count). The Morgan fingerprint density at radius 2 is 1.56 bits per heavy atom. The van der Waals surface area contributed by atoms with Crippen LogP contribution >= 0.6 is 0 Å². The predicted octanol–water partition coefficient (Wildman–Crippen LogP) is 2.08. The minimum absolute atomic E-state index is 0.0965. The molecule has 1 atom stereocenters. The summed E-state index contributed by atoms with van der Waals surface area (Å²) in [6.07, 6.45) is 0.368. The first-order valence-corrected chi connectivity index (χ1v) is 6.48. The lowest BCUT2D eigenvalue weighted by Crippen LogP contribution is -2.32. The molecule has 18 heavy (non-hydrogen) atoms. The van der Waals surface area contributed by atoms with E-state index in [-0.39, 0.29) is 12.5 Å². The Balaban J connectivity index is 4.29. The first kappa shape index (κ1) is 16.9. The molecular formula is C13H24O5. The summed E-state index contributed by atoms with van der Waals surface area (Å²) in [5, 5.41) is 0. The molecule has 0 radical (unpaired) electrons. The molecule has 1 unspecified atom stereocenters. The fraction of sp³-hybridized carbons (Fsp3) is 0.846. The lowest BCUT2D eigenvalue weighted by atomic mass is 10.2. The SMILES string of the molecule is CCCOC(=O)CC(OC(C)C)C(=O)OCCC. The summed E-state index contributed by atoms with van der Waals surface area (Å²) in [7, 11) is 0. The maximum absolute atomic E-state index is 11.7. The van der Waals surface area contributed by atoms with Crippen LogP contribution < -0.4 is 0 Å². The van der Waals surface area contributed by atoms with E-state index >= 15 is 0 Å². The summed E-state index contributed by atoms with van der Waals surface area (Å²) in [4.78, 5) is 23.2. The zero-order valence-corrected chi connectivity index (χ0v) is 11.7. The molecule has 0 aliphatic rings. The van der Waals surface area contributed by atoms with Crippen molar-refractivity contribution < 1.29 is 23.8 Å². The molecule has 0 bridgehead atoms. The van der Waals surface area contributed by atoms with Crippen LogP contribution in [0.3, 0.4) is 0 Å². The first-order chi connectivity index (χ1) is 8.51. The Bertz CT molecular complexity index is 250. The molecule has 0 fully saturated rings. The molecule has 0 saturated carbocycles. The van der Waals surface area contributed by atoms with Crippen LogP contribution in [0.4, 0.5) is 0 Å². The summed E-state index contributed by atoms with van der Waals surface area (Å²) in [6, 6.07) is 0. The van der Waals surface area contributed by atoms with Crippen molar-refractivity contribution in [3.63, 3.8) is 0 Å². The third-order valence-electron chi connectivity index (χ3n) is 1.97. The third-order valence-corrected chi connectivity index (χ3v) is 1.97. The van der Waals surface area contributed by atoms with E-state index in [1.807, 2.05) is 13.8 Å². The molecule has 0 aliphatic carbocycles. The average molecular weight is 260 g/mol. The van der Waals surface area contributed by atoms with Gasteiger partial charge in [-0.05, 0) is 26.7 Å². The summed E-state index contributed by atoms with van der Waals surface area (Å²) in [6.45, 7) is 8.11. The van der Waals surface area contributed by atoms with Crippen molar-refractivity contribution in [2.24, 2.45) is 0 Å². The second-order valence-electron chi connectivity index (χ2n) is 4.27. The van der Waals surface area contributed by atoms with Crippen molar-refractivity contribution in [1.29, 1.82) is 0 Å². The average Bonchev–Trinajstić information content (AvgIpc) is 2.32. The molecule has 0 saturated heterocycles. The van der Waals surface area contributed by atoms with Crippen LogP contribution in [-0.2, 0) is 23.8 Å².